The van der Waals surface area contributed by atoms with Gasteiger partial charge in [0.15, 0.2) is 0 Å². The van der Waals surface area contributed by atoms with E-state index in [0.29, 0.717) is 11.3 Å². The molecule has 0 saturated heterocycles. The van der Waals surface area contributed by atoms with Crippen molar-refractivity contribution in [2.75, 3.05) is 12.3 Å². The van der Waals surface area contributed by atoms with E-state index in [1.54, 1.807) is 10.8 Å². The van der Waals surface area contributed by atoms with Crippen molar-refractivity contribution in [3.05, 3.63) is 0 Å². The van der Waals surface area contributed by atoms with Crippen molar-refractivity contribution in [3.63, 3.8) is 0 Å². The van der Waals surface area contributed by atoms with Gasteiger partial charge in [-0.25, -0.2) is 0 Å². The molecule has 1 radical (unpaired) electrons. The molecule has 0 rings (SSSR count). The fraction of sp³-hybridized carbons (Fsp3) is 1.00. The van der Waals surface area contributed by atoms with E-state index in [2.05, 4.69) is 20.8 Å². The molecule has 9 heavy (non-hydrogen) atoms. The van der Waals surface area contributed by atoms with E-state index in [1.807, 2.05) is 10.8 Å². The lowest BCUT2D eigenvalue weighted by Gasteiger charge is -2.15. The van der Waals surface area contributed by atoms with Crippen molar-refractivity contribution in [2.45, 2.75) is 25.5 Å². The molecular formula is C6H14NS2. The van der Waals surface area contributed by atoms with Crippen LogP contribution in [0.3, 0.4) is 0 Å². The lowest BCUT2D eigenvalue weighted by atomic mass is 10.3. The smallest absolute Gasteiger partial charge is 0.0199 e. The van der Waals surface area contributed by atoms with Crippen LogP contribution in [-0.2, 0) is 0 Å². The predicted octanol–water partition coefficient (Wildman–Crippen LogP) is 2.45. The van der Waals surface area contributed by atoms with Crippen LogP contribution in [0.4, 0.5) is 0 Å². The van der Waals surface area contributed by atoms with Gasteiger partial charge in [0.2, 0.25) is 0 Å². The maximum Gasteiger partial charge on any atom is 0.0199 e. The molecular weight excluding hydrogens is 150 g/mol. The quantitative estimate of drug-likeness (QED) is 0.472. The second-order valence-electron chi connectivity index (χ2n) is 2.77. The highest BCUT2D eigenvalue weighted by Gasteiger charge is 2.09. The Morgan fingerprint density at radius 2 is 1.89 bits per heavy atom. The number of nitrogens with one attached hydrogen (secondary N) is 1. The topological polar surface area (TPSA) is 23.8 Å². The molecule has 0 aromatic rings. The van der Waals surface area contributed by atoms with Crippen molar-refractivity contribution >= 4 is 21.6 Å². The van der Waals surface area contributed by atoms with E-state index in [4.69, 9.17) is 5.73 Å². The summed E-state index contributed by atoms with van der Waals surface area (Å²) in [6.07, 6.45) is 0. The molecule has 0 spiro atoms. The minimum Gasteiger partial charge on any atom is -0.257 e. The number of hydrogen-bond donors (Lipinski definition) is 0. The molecule has 0 aromatic heterocycles. The molecule has 0 amide bonds. The van der Waals surface area contributed by atoms with Gasteiger partial charge in [-0.15, -0.1) is 0 Å². The van der Waals surface area contributed by atoms with Gasteiger partial charge in [0.05, 0.1) is 0 Å². The van der Waals surface area contributed by atoms with Crippen LogP contribution < -0.4 is 5.73 Å². The average Bonchev–Trinajstić information content (AvgIpc) is 1.63. The summed E-state index contributed by atoms with van der Waals surface area (Å²) in [6.45, 7) is 7.10. The van der Waals surface area contributed by atoms with Gasteiger partial charge < -0.3 is 0 Å². The van der Waals surface area contributed by atoms with Gasteiger partial charge in [0.25, 0.3) is 0 Å². The maximum atomic E-state index is 6.88. The Kier molecular flexibility index (Phi) is 4.80. The second kappa shape index (κ2) is 4.47. The molecule has 55 valence electrons. The molecule has 0 atom stereocenters. The molecule has 0 aliphatic carbocycles. The molecule has 0 unspecified atom stereocenters. The number of rotatable bonds is 3. The van der Waals surface area contributed by atoms with Gasteiger partial charge in [-0.2, -0.15) is 0 Å². The van der Waals surface area contributed by atoms with Gasteiger partial charge in [-0.3, -0.25) is 5.73 Å². The average molecular weight is 164 g/mol. The Morgan fingerprint density at radius 1 is 1.33 bits per heavy atom. The fourth-order valence-corrected chi connectivity index (χ4v) is 2.34. The zero-order valence-electron chi connectivity index (χ0n) is 6.23. The van der Waals surface area contributed by atoms with Gasteiger partial charge in [0, 0.05) is 17.0 Å². The highest BCUT2D eigenvalue weighted by atomic mass is 33.1. The van der Waals surface area contributed by atoms with Gasteiger partial charge >= 0.3 is 0 Å². The first-order chi connectivity index (χ1) is 4.06. The lowest BCUT2D eigenvalue weighted by Crippen LogP contribution is -2.05. The van der Waals surface area contributed by atoms with Gasteiger partial charge in [0.1, 0.15) is 0 Å². The van der Waals surface area contributed by atoms with Crippen LogP contribution in [-0.4, -0.2) is 17.0 Å². The summed E-state index contributed by atoms with van der Waals surface area (Å²) in [5.74, 6) is 0.946. The van der Waals surface area contributed by atoms with E-state index in [1.165, 1.54) is 0 Å². The molecule has 0 saturated carbocycles. The van der Waals surface area contributed by atoms with Crippen LogP contribution in [0.15, 0.2) is 0 Å². The van der Waals surface area contributed by atoms with E-state index in [-0.39, 0.29) is 0 Å². The Balaban J connectivity index is 3.07. The van der Waals surface area contributed by atoms with Crippen molar-refractivity contribution in [3.8, 4) is 0 Å². The summed E-state index contributed by atoms with van der Waals surface area (Å²) in [5.41, 5.74) is 6.88. The number of hydrogen-bond acceptors (Lipinski definition) is 2. The first-order valence-corrected chi connectivity index (χ1v) is 5.33. The third-order valence-corrected chi connectivity index (χ3v) is 3.84. The Labute approximate surface area is 65.6 Å². The van der Waals surface area contributed by atoms with Crippen LogP contribution >= 0.6 is 21.6 Å². The molecule has 0 aliphatic rings. The minimum absolute atomic E-state index is 0.347. The summed E-state index contributed by atoms with van der Waals surface area (Å²) in [7, 11) is 3.64. The van der Waals surface area contributed by atoms with E-state index >= 15 is 0 Å². The van der Waals surface area contributed by atoms with Crippen LogP contribution in [0.2, 0.25) is 0 Å². The minimum atomic E-state index is 0.347. The molecule has 0 fully saturated rings. The molecule has 0 aromatic carbocycles. The summed E-state index contributed by atoms with van der Waals surface area (Å²) in [5, 5.41) is 0. The Bertz CT molecular complexity index is 67.9. The van der Waals surface area contributed by atoms with Crippen LogP contribution in [0.25, 0.3) is 0 Å². The molecule has 3 heteroatoms. The normalized spacial score (nSPS) is 12.0. The van der Waals surface area contributed by atoms with Crippen molar-refractivity contribution in [1.29, 1.82) is 0 Å². The first-order valence-electron chi connectivity index (χ1n) is 3.01. The predicted molar refractivity (Wildman–Crippen MR) is 47.8 cm³/mol. The first kappa shape index (κ1) is 9.66. The highest BCUT2D eigenvalue weighted by molar-refractivity contribution is 8.77. The van der Waals surface area contributed by atoms with Crippen LogP contribution in [0.1, 0.15) is 20.8 Å². The standard InChI is InChI=1S/C6H14NS2/c1-6(2,3)9-8-5-4-7/h7H,4-5H2,1-3H3. The highest BCUT2D eigenvalue weighted by Crippen LogP contribution is 2.34. The summed E-state index contributed by atoms with van der Waals surface area (Å²) in [6, 6.07) is 0. The third kappa shape index (κ3) is 8.66. The SMILES string of the molecule is CC(C)(C)SSCC[NH]. The van der Waals surface area contributed by atoms with Crippen molar-refractivity contribution < 1.29 is 0 Å². The third-order valence-electron chi connectivity index (χ3n) is 0.494. The summed E-state index contributed by atoms with van der Waals surface area (Å²) in [4.78, 5) is 0. The van der Waals surface area contributed by atoms with Gasteiger partial charge in [-0.05, 0) is 0 Å². The van der Waals surface area contributed by atoms with Crippen molar-refractivity contribution in [1.82, 2.24) is 5.73 Å². The molecule has 1 nitrogen and oxygen atoms in total. The Hall–Kier alpha value is 0.660. The van der Waals surface area contributed by atoms with E-state index in [9.17, 15) is 0 Å². The second-order valence-corrected chi connectivity index (χ2v) is 6.01. The maximum absolute atomic E-state index is 6.88. The lowest BCUT2D eigenvalue weighted by molar-refractivity contribution is 0.810. The van der Waals surface area contributed by atoms with Gasteiger partial charge in [-0.1, -0.05) is 42.4 Å². The van der Waals surface area contributed by atoms with Crippen LogP contribution in [0.5, 0.6) is 0 Å². The Morgan fingerprint density at radius 3 is 2.22 bits per heavy atom. The van der Waals surface area contributed by atoms with E-state index in [0.717, 1.165) is 5.75 Å². The molecule has 0 heterocycles. The summed E-state index contributed by atoms with van der Waals surface area (Å²) >= 11 is 0. The molecule has 0 bridgehead atoms. The van der Waals surface area contributed by atoms with Crippen LogP contribution in [0, 0.1) is 0 Å². The molecule has 0 aliphatic heterocycles. The zero-order valence-corrected chi connectivity index (χ0v) is 7.86. The van der Waals surface area contributed by atoms with E-state index < -0.39 is 0 Å². The largest absolute Gasteiger partial charge is 0.257 e. The zero-order chi connectivity index (χ0) is 7.33. The fourth-order valence-electron chi connectivity index (χ4n) is 0.260. The summed E-state index contributed by atoms with van der Waals surface area (Å²) < 4.78 is 0.347. The monoisotopic (exact) mass is 164 g/mol. The molecule has 1 N–H and O–H groups in total. The van der Waals surface area contributed by atoms with Crippen molar-refractivity contribution in [2.24, 2.45) is 0 Å².